The van der Waals surface area contributed by atoms with Gasteiger partial charge < -0.3 is 21.1 Å². The van der Waals surface area contributed by atoms with Crippen molar-refractivity contribution in [2.45, 2.75) is 77.2 Å². The summed E-state index contributed by atoms with van der Waals surface area (Å²) in [6.07, 6.45) is 4.26. The van der Waals surface area contributed by atoms with Crippen LogP contribution < -0.4 is 16.4 Å². The van der Waals surface area contributed by atoms with Gasteiger partial charge in [-0.15, -0.1) is 0 Å². The van der Waals surface area contributed by atoms with E-state index in [9.17, 15) is 4.79 Å². The zero-order valence-electron chi connectivity index (χ0n) is 15.1. The number of hydrogen-bond donors (Lipinski definition) is 3. The maximum Gasteiger partial charge on any atom is 0.407 e. The van der Waals surface area contributed by atoms with Crippen LogP contribution in [0.25, 0.3) is 0 Å². The number of benzene rings is 1. The normalized spacial score (nSPS) is 21.3. The Balaban J connectivity index is 1.73. The first-order valence-electron chi connectivity index (χ1n) is 8.85. The Morgan fingerprint density at radius 3 is 2.38 bits per heavy atom. The molecule has 1 aliphatic carbocycles. The lowest BCUT2D eigenvalue weighted by Crippen LogP contribution is -2.39. The van der Waals surface area contributed by atoms with E-state index in [0.29, 0.717) is 18.6 Å². The second kappa shape index (κ2) is 8.49. The van der Waals surface area contributed by atoms with Gasteiger partial charge in [0.1, 0.15) is 5.60 Å². The fourth-order valence-corrected chi connectivity index (χ4v) is 2.94. The molecule has 1 aliphatic rings. The van der Waals surface area contributed by atoms with Crippen LogP contribution in [0.5, 0.6) is 0 Å². The molecule has 4 N–H and O–H groups in total. The molecule has 2 rings (SSSR count). The summed E-state index contributed by atoms with van der Waals surface area (Å²) in [7, 11) is 0. The molecule has 24 heavy (non-hydrogen) atoms. The van der Waals surface area contributed by atoms with Crippen molar-refractivity contribution in [2.75, 3.05) is 0 Å². The molecule has 1 aromatic carbocycles. The van der Waals surface area contributed by atoms with Crippen molar-refractivity contribution >= 4 is 6.09 Å². The van der Waals surface area contributed by atoms with E-state index in [1.165, 1.54) is 18.4 Å². The number of hydrogen-bond acceptors (Lipinski definition) is 4. The van der Waals surface area contributed by atoms with Crippen molar-refractivity contribution < 1.29 is 9.53 Å². The van der Waals surface area contributed by atoms with Gasteiger partial charge in [0, 0.05) is 25.2 Å². The first-order valence-corrected chi connectivity index (χ1v) is 8.85. The number of amides is 1. The number of ether oxygens (including phenoxy) is 1. The van der Waals surface area contributed by atoms with E-state index in [4.69, 9.17) is 10.5 Å². The third-order valence-electron chi connectivity index (χ3n) is 4.17. The molecule has 5 nitrogen and oxygen atoms in total. The van der Waals surface area contributed by atoms with E-state index in [1.807, 2.05) is 32.9 Å². The highest BCUT2D eigenvalue weighted by Gasteiger charge is 2.18. The van der Waals surface area contributed by atoms with Gasteiger partial charge in [0.25, 0.3) is 0 Å². The molecule has 1 aromatic rings. The summed E-state index contributed by atoms with van der Waals surface area (Å²) < 4.78 is 5.23. The van der Waals surface area contributed by atoms with Crippen LogP contribution in [0.1, 0.15) is 57.6 Å². The van der Waals surface area contributed by atoms with Crippen LogP contribution in [0.2, 0.25) is 0 Å². The third kappa shape index (κ3) is 6.89. The molecule has 0 aliphatic heterocycles. The van der Waals surface area contributed by atoms with E-state index >= 15 is 0 Å². The average molecular weight is 333 g/mol. The standard InChI is InChI=1S/C19H31N3O2/c1-19(2,3)24-18(23)22-13-15-9-7-14(8-10-15)12-21-17-6-4-5-16(20)11-17/h7-10,16-17,21H,4-6,11-13,20H2,1-3H3,(H,22,23). The SMILES string of the molecule is CC(C)(C)OC(=O)NCc1ccc(CNC2CCCC(N)C2)cc1. The minimum Gasteiger partial charge on any atom is -0.444 e. The van der Waals surface area contributed by atoms with Crippen LogP contribution in [-0.4, -0.2) is 23.8 Å². The average Bonchev–Trinajstić information content (AvgIpc) is 2.50. The van der Waals surface area contributed by atoms with Gasteiger partial charge in [-0.1, -0.05) is 30.7 Å². The quantitative estimate of drug-likeness (QED) is 0.774. The predicted molar refractivity (Wildman–Crippen MR) is 96.6 cm³/mol. The van der Waals surface area contributed by atoms with Crippen molar-refractivity contribution in [3.63, 3.8) is 0 Å². The number of carbonyl (C=O) groups is 1. The first-order chi connectivity index (χ1) is 11.3. The molecule has 2 atom stereocenters. The van der Waals surface area contributed by atoms with E-state index < -0.39 is 5.60 Å². The number of rotatable bonds is 5. The molecule has 1 amide bonds. The summed E-state index contributed by atoms with van der Waals surface area (Å²) in [4.78, 5) is 11.6. The van der Waals surface area contributed by atoms with Gasteiger partial charge in [-0.2, -0.15) is 0 Å². The van der Waals surface area contributed by atoms with Crippen LogP contribution in [0, 0.1) is 0 Å². The smallest absolute Gasteiger partial charge is 0.407 e. The van der Waals surface area contributed by atoms with Gasteiger partial charge in [0.05, 0.1) is 0 Å². The summed E-state index contributed by atoms with van der Waals surface area (Å²) in [5.74, 6) is 0. The van der Waals surface area contributed by atoms with Crippen LogP contribution in [0.15, 0.2) is 24.3 Å². The molecular weight excluding hydrogens is 302 g/mol. The minimum atomic E-state index is -0.471. The van der Waals surface area contributed by atoms with Gasteiger partial charge in [-0.25, -0.2) is 4.79 Å². The van der Waals surface area contributed by atoms with Crippen LogP contribution in [0.4, 0.5) is 4.79 Å². The molecule has 134 valence electrons. The van der Waals surface area contributed by atoms with E-state index in [0.717, 1.165) is 24.9 Å². The van der Waals surface area contributed by atoms with Gasteiger partial charge in [0.2, 0.25) is 0 Å². The number of nitrogens with one attached hydrogen (secondary N) is 2. The summed E-state index contributed by atoms with van der Waals surface area (Å²) in [6, 6.07) is 9.16. The lowest BCUT2D eigenvalue weighted by molar-refractivity contribution is 0.0523. The Bertz CT molecular complexity index is 522. The zero-order valence-corrected chi connectivity index (χ0v) is 15.1. The molecule has 0 saturated heterocycles. The van der Waals surface area contributed by atoms with Crippen molar-refractivity contribution in [1.29, 1.82) is 0 Å². The van der Waals surface area contributed by atoms with Crippen molar-refractivity contribution in [3.8, 4) is 0 Å². The highest BCUT2D eigenvalue weighted by atomic mass is 16.6. The van der Waals surface area contributed by atoms with Crippen molar-refractivity contribution in [1.82, 2.24) is 10.6 Å². The Kier molecular flexibility index (Phi) is 6.63. The molecule has 5 heteroatoms. The minimum absolute atomic E-state index is 0.345. The molecule has 2 unspecified atom stereocenters. The monoisotopic (exact) mass is 333 g/mol. The second-order valence-corrected chi connectivity index (χ2v) is 7.68. The fourth-order valence-electron chi connectivity index (χ4n) is 2.94. The van der Waals surface area contributed by atoms with E-state index in [2.05, 4.69) is 22.8 Å². The number of carbonyl (C=O) groups excluding carboxylic acids is 1. The summed E-state index contributed by atoms with van der Waals surface area (Å²) >= 11 is 0. The van der Waals surface area contributed by atoms with Gasteiger partial charge >= 0.3 is 6.09 Å². The van der Waals surface area contributed by atoms with E-state index in [1.54, 1.807) is 0 Å². The van der Waals surface area contributed by atoms with E-state index in [-0.39, 0.29) is 6.09 Å². The lowest BCUT2D eigenvalue weighted by Gasteiger charge is -2.27. The van der Waals surface area contributed by atoms with Gasteiger partial charge in [-0.3, -0.25) is 0 Å². The molecule has 0 spiro atoms. The number of nitrogens with two attached hydrogens (primary N) is 1. The molecule has 1 saturated carbocycles. The van der Waals surface area contributed by atoms with Gasteiger partial charge in [-0.05, 0) is 51.2 Å². The predicted octanol–water partition coefficient (Wildman–Crippen LogP) is 3.07. The largest absolute Gasteiger partial charge is 0.444 e. The van der Waals surface area contributed by atoms with Crippen molar-refractivity contribution in [3.05, 3.63) is 35.4 Å². The number of alkyl carbamates (subject to hydrolysis) is 1. The van der Waals surface area contributed by atoms with Crippen LogP contribution in [0.3, 0.4) is 0 Å². The Morgan fingerprint density at radius 1 is 1.17 bits per heavy atom. The molecule has 0 bridgehead atoms. The Hall–Kier alpha value is -1.59. The van der Waals surface area contributed by atoms with Crippen LogP contribution in [-0.2, 0) is 17.8 Å². The maximum absolute atomic E-state index is 11.6. The third-order valence-corrected chi connectivity index (χ3v) is 4.17. The summed E-state index contributed by atoms with van der Waals surface area (Å²) in [6.45, 7) is 6.89. The maximum atomic E-state index is 11.6. The molecule has 1 fully saturated rings. The zero-order chi connectivity index (χ0) is 17.6. The van der Waals surface area contributed by atoms with Crippen LogP contribution >= 0.6 is 0 Å². The van der Waals surface area contributed by atoms with Gasteiger partial charge in [0.15, 0.2) is 0 Å². The molecular formula is C19H31N3O2. The highest BCUT2D eigenvalue weighted by Crippen LogP contribution is 2.17. The summed E-state index contributed by atoms with van der Waals surface area (Å²) in [5.41, 5.74) is 7.86. The molecule has 0 radical (unpaired) electrons. The topological polar surface area (TPSA) is 76.4 Å². The highest BCUT2D eigenvalue weighted by molar-refractivity contribution is 5.67. The Labute approximate surface area is 145 Å². The first kappa shape index (κ1) is 18.7. The lowest BCUT2D eigenvalue weighted by atomic mass is 9.91. The fraction of sp³-hybridized carbons (Fsp3) is 0.632. The Morgan fingerprint density at radius 2 is 1.79 bits per heavy atom. The molecule has 0 aromatic heterocycles. The second-order valence-electron chi connectivity index (χ2n) is 7.68. The van der Waals surface area contributed by atoms with Crippen molar-refractivity contribution in [2.24, 2.45) is 5.73 Å². The summed E-state index contributed by atoms with van der Waals surface area (Å²) in [5, 5.41) is 6.37. The molecule has 0 heterocycles.